The second kappa shape index (κ2) is 7.66. The number of nitrogens with one attached hydrogen (secondary N) is 2. The van der Waals surface area contributed by atoms with Crippen LogP contribution in [-0.2, 0) is 4.79 Å². The third-order valence-electron chi connectivity index (χ3n) is 1.53. The number of carbonyl (C=O) groups is 1. The Labute approximate surface area is 108 Å². The van der Waals surface area contributed by atoms with Crippen molar-refractivity contribution in [2.24, 2.45) is 0 Å². The Kier molecular flexibility index (Phi) is 6.97. The minimum Gasteiger partial charge on any atom is -0.463 e. The SMILES string of the molecule is CC(C)(C)O.CCCNC(=O)C(=N)c1ccco1. The van der Waals surface area contributed by atoms with E-state index < -0.39 is 11.5 Å². The maximum absolute atomic E-state index is 11.2. The van der Waals surface area contributed by atoms with E-state index >= 15 is 0 Å². The van der Waals surface area contributed by atoms with Gasteiger partial charge in [-0.3, -0.25) is 10.2 Å². The van der Waals surface area contributed by atoms with Crippen molar-refractivity contribution in [2.45, 2.75) is 39.7 Å². The van der Waals surface area contributed by atoms with Crippen LogP contribution < -0.4 is 5.32 Å². The molecule has 0 aliphatic carbocycles. The van der Waals surface area contributed by atoms with E-state index in [0.29, 0.717) is 12.3 Å². The Morgan fingerprint density at radius 2 is 2.06 bits per heavy atom. The molecule has 1 aromatic heterocycles. The maximum atomic E-state index is 11.2. The number of rotatable bonds is 4. The summed E-state index contributed by atoms with van der Waals surface area (Å²) in [7, 11) is 0. The maximum Gasteiger partial charge on any atom is 0.273 e. The molecule has 0 aliphatic rings. The number of carbonyl (C=O) groups excluding carboxylic acids is 1. The van der Waals surface area contributed by atoms with E-state index in [0.717, 1.165) is 6.42 Å². The van der Waals surface area contributed by atoms with Gasteiger partial charge in [0.2, 0.25) is 0 Å². The van der Waals surface area contributed by atoms with Gasteiger partial charge < -0.3 is 14.8 Å². The minimum absolute atomic E-state index is 0.126. The summed E-state index contributed by atoms with van der Waals surface area (Å²) in [4.78, 5) is 11.2. The van der Waals surface area contributed by atoms with Gasteiger partial charge in [0.1, 0.15) is 0 Å². The first-order chi connectivity index (χ1) is 8.25. The molecule has 1 aromatic rings. The summed E-state index contributed by atoms with van der Waals surface area (Å²) in [6, 6.07) is 3.24. The van der Waals surface area contributed by atoms with Crippen LogP contribution in [0.15, 0.2) is 22.8 Å². The molecule has 3 N–H and O–H groups in total. The van der Waals surface area contributed by atoms with Crippen molar-refractivity contribution in [3.05, 3.63) is 24.2 Å². The molecule has 0 aliphatic heterocycles. The first-order valence-corrected chi connectivity index (χ1v) is 5.88. The van der Waals surface area contributed by atoms with E-state index in [2.05, 4.69) is 5.32 Å². The number of hydrogen-bond donors (Lipinski definition) is 3. The molecule has 0 saturated carbocycles. The normalized spacial score (nSPS) is 10.3. The number of furan rings is 1. The zero-order valence-corrected chi connectivity index (χ0v) is 11.4. The Morgan fingerprint density at radius 3 is 2.44 bits per heavy atom. The van der Waals surface area contributed by atoms with Gasteiger partial charge in [0.15, 0.2) is 11.5 Å². The average Bonchev–Trinajstić information content (AvgIpc) is 2.75. The zero-order valence-electron chi connectivity index (χ0n) is 11.4. The van der Waals surface area contributed by atoms with Crippen LogP contribution in [0.2, 0.25) is 0 Å². The number of aliphatic hydroxyl groups is 1. The highest BCUT2D eigenvalue weighted by atomic mass is 16.3. The third-order valence-corrected chi connectivity index (χ3v) is 1.53. The van der Waals surface area contributed by atoms with Gasteiger partial charge in [-0.25, -0.2) is 0 Å². The van der Waals surface area contributed by atoms with Crippen LogP contribution in [0.3, 0.4) is 0 Å². The summed E-state index contributed by atoms with van der Waals surface area (Å²) in [6.45, 7) is 7.77. The predicted octanol–water partition coefficient (Wildman–Crippen LogP) is 1.95. The van der Waals surface area contributed by atoms with Gasteiger partial charge in [-0.1, -0.05) is 6.92 Å². The van der Waals surface area contributed by atoms with Gasteiger partial charge >= 0.3 is 0 Å². The standard InChI is InChI=1S/C9H12N2O2.C4H10O/c1-2-5-11-9(12)8(10)7-4-3-6-13-7;1-4(2,3)5/h3-4,6,10H,2,5H2,1H3,(H,11,12);5H,1-3H3. The molecular formula is C13H22N2O3. The second-order valence-corrected chi connectivity index (χ2v) is 4.78. The van der Waals surface area contributed by atoms with E-state index in [-0.39, 0.29) is 5.71 Å². The van der Waals surface area contributed by atoms with Crippen molar-refractivity contribution >= 4 is 11.6 Å². The van der Waals surface area contributed by atoms with Gasteiger partial charge in [-0.2, -0.15) is 0 Å². The quantitative estimate of drug-likeness (QED) is 0.718. The molecule has 0 radical (unpaired) electrons. The first kappa shape index (κ1) is 16.4. The Hall–Kier alpha value is -1.62. The smallest absolute Gasteiger partial charge is 0.273 e. The molecule has 1 heterocycles. The molecule has 18 heavy (non-hydrogen) atoms. The lowest BCUT2D eigenvalue weighted by Gasteiger charge is -2.04. The lowest BCUT2D eigenvalue weighted by Crippen LogP contribution is -2.31. The van der Waals surface area contributed by atoms with E-state index in [4.69, 9.17) is 14.9 Å². The fraction of sp³-hybridized carbons (Fsp3) is 0.538. The van der Waals surface area contributed by atoms with Crippen molar-refractivity contribution in [1.29, 1.82) is 5.41 Å². The fourth-order valence-electron chi connectivity index (χ4n) is 0.860. The molecular weight excluding hydrogens is 232 g/mol. The van der Waals surface area contributed by atoms with Crippen LogP contribution in [0, 0.1) is 5.41 Å². The van der Waals surface area contributed by atoms with Gasteiger partial charge in [0.05, 0.1) is 11.9 Å². The number of amides is 1. The van der Waals surface area contributed by atoms with Gasteiger partial charge in [0.25, 0.3) is 5.91 Å². The predicted molar refractivity (Wildman–Crippen MR) is 70.8 cm³/mol. The summed E-state index contributed by atoms with van der Waals surface area (Å²) in [5, 5.41) is 18.5. The highest BCUT2D eigenvalue weighted by molar-refractivity contribution is 6.43. The van der Waals surface area contributed by atoms with Crippen molar-refractivity contribution in [3.8, 4) is 0 Å². The Morgan fingerprint density at radius 1 is 1.50 bits per heavy atom. The summed E-state index contributed by atoms with van der Waals surface area (Å²) < 4.78 is 4.91. The molecule has 102 valence electrons. The average molecular weight is 254 g/mol. The van der Waals surface area contributed by atoms with E-state index in [1.165, 1.54) is 6.26 Å². The topological polar surface area (TPSA) is 86.3 Å². The zero-order chi connectivity index (χ0) is 14.2. The van der Waals surface area contributed by atoms with Crippen LogP contribution in [0.1, 0.15) is 39.9 Å². The molecule has 1 rings (SSSR count). The third kappa shape index (κ3) is 8.52. The van der Waals surface area contributed by atoms with E-state index in [9.17, 15) is 4.79 Å². The molecule has 0 atom stereocenters. The lowest BCUT2D eigenvalue weighted by atomic mass is 10.2. The van der Waals surface area contributed by atoms with E-state index in [1.54, 1.807) is 32.9 Å². The van der Waals surface area contributed by atoms with Crippen molar-refractivity contribution in [3.63, 3.8) is 0 Å². The van der Waals surface area contributed by atoms with Crippen molar-refractivity contribution in [1.82, 2.24) is 5.32 Å². The highest BCUT2D eigenvalue weighted by Crippen LogP contribution is 2.00. The summed E-state index contributed by atoms with van der Waals surface area (Å²) in [5.74, 6) is -0.0922. The molecule has 5 heteroatoms. The first-order valence-electron chi connectivity index (χ1n) is 5.88. The van der Waals surface area contributed by atoms with Gasteiger partial charge in [-0.05, 0) is 39.3 Å². The van der Waals surface area contributed by atoms with E-state index in [1.807, 2.05) is 6.92 Å². The van der Waals surface area contributed by atoms with Gasteiger partial charge in [0, 0.05) is 6.54 Å². The molecule has 5 nitrogen and oxygen atoms in total. The molecule has 0 aromatic carbocycles. The Bertz CT molecular complexity index is 358. The van der Waals surface area contributed by atoms with Crippen LogP contribution in [0.25, 0.3) is 0 Å². The second-order valence-electron chi connectivity index (χ2n) is 4.78. The largest absolute Gasteiger partial charge is 0.463 e. The summed E-state index contributed by atoms with van der Waals surface area (Å²) in [5.41, 5.74) is -0.626. The minimum atomic E-state index is -0.500. The van der Waals surface area contributed by atoms with Crippen LogP contribution in [0.4, 0.5) is 0 Å². The van der Waals surface area contributed by atoms with Gasteiger partial charge in [-0.15, -0.1) is 0 Å². The highest BCUT2D eigenvalue weighted by Gasteiger charge is 2.12. The molecule has 0 unspecified atom stereocenters. The van der Waals surface area contributed by atoms with Crippen LogP contribution >= 0.6 is 0 Å². The summed E-state index contributed by atoms with van der Waals surface area (Å²) in [6.07, 6.45) is 2.30. The molecule has 0 saturated heterocycles. The summed E-state index contributed by atoms with van der Waals surface area (Å²) >= 11 is 0. The molecule has 0 fully saturated rings. The van der Waals surface area contributed by atoms with Crippen LogP contribution in [-0.4, -0.2) is 28.9 Å². The Balaban J connectivity index is 0.000000494. The van der Waals surface area contributed by atoms with Crippen molar-refractivity contribution in [2.75, 3.05) is 6.54 Å². The molecule has 1 amide bonds. The fourth-order valence-corrected chi connectivity index (χ4v) is 0.860. The monoisotopic (exact) mass is 254 g/mol. The molecule has 0 bridgehead atoms. The lowest BCUT2D eigenvalue weighted by molar-refractivity contribution is -0.114. The number of hydrogen-bond acceptors (Lipinski definition) is 4. The van der Waals surface area contributed by atoms with Crippen molar-refractivity contribution < 1.29 is 14.3 Å². The van der Waals surface area contributed by atoms with Crippen LogP contribution in [0.5, 0.6) is 0 Å². The molecule has 0 spiro atoms.